The van der Waals surface area contributed by atoms with Crippen LogP contribution in [-0.4, -0.2) is 18.4 Å². The van der Waals surface area contributed by atoms with Crippen molar-refractivity contribution < 1.29 is 17.2 Å². The molecule has 0 radical (unpaired) electrons. The first-order valence-electron chi connectivity index (χ1n) is 5.82. The van der Waals surface area contributed by atoms with Gasteiger partial charge in [0.1, 0.15) is 17.5 Å². The van der Waals surface area contributed by atoms with Crippen molar-refractivity contribution >= 4 is 15.7 Å². The number of sulfonamides is 1. The minimum atomic E-state index is -4.37. The predicted molar refractivity (Wildman–Crippen MR) is 71.6 cm³/mol. The van der Waals surface area contributed by atoms with Gasteiger partial charge in [-0.05, 0) is 25.1 Å². The van der Waals surface area contributed by atoms with E-state index >= 15 is 0 Å². The second-order valence-electron chi connectivity index (χ2n) is 4.23. The molecule has 2 aromatic rings. The Balaban J connectivity index is 2.27. The molecular weight excluding hydrogens is 302 g/mol. The summed E-state index contributed by atoms with van der Waals surface area (Å²) in [4.78, 5) is 6.77. The number of anilines is 1. The first-order valence-corrected chi connectivity index (χ1v) is 7.30. The maximum atomic E-state index is 13.6. The fourth-order valence-corrected chi connectivity index (χ4v) is 2.79. The number of nitrogens with zero attached hydrogens (tertiary/aromatic N) is 2. The number of halogens is 2. The lowest BCUT2D eigenvalue weighted by atomic mass is 10.3. The summed E-state index contributed by atoms with van der Waals surface area (Å²) in [7, 11) is -4.37. The minimum Gasteiger partial charge on any atom is -0.399 e. The zero-order chi connectivity index (χ0) is 15.6. The van der Waals surface area contributed by atoms with Gasteiger partial charge in [-0.2, -0.15) is 0 Å². The quantitative estimate of drug-likeness (QED) is 0.824. The Morgan fingerprint density at radius 2 is 1.90 bits per heavy atom. The smallest absolute Gasteiger partial charge is 0.246 e. The lowest BCUT2D eigenvalue weighted by molar-refractivity contribution is 0.514. The Hall–Kier alpha value is -2.13. The van der Waals surface area contributed by atoms with Crippen LogP contribution in [0.5, 0.6) is 0 Å². The first kappa shape index (κ1) is 15.3. The van der Waals surface area contributed by atoms with Crippen LogP contribution in [0.25, 0.3) is 0 Å². The maximum absolute atomic E-state index is 13.6. The van der Waals surface area contributed by atoms with Gasteiger partial charge in [0, 0.05) is 11.9 Å². The lowest BCUT2D eigenvalue weighted by Gasteiger charge is -2.09. The number of benzene rings is 1. The third kappa shape index (κ3) is 3.50. The van der Waals surface area contributed by atoms with Crippen molar-refractivity contribution in [3.63, 3.8) is 0 Å². The average molecular weight is 314 g/mol. The number of aryl methyl sites for hydroxylation is 1. The molecule has 0 saturated heterocycles. The third-order valence-corrected chi connectivity index (χ3v) is 4.02. The normalized spacial score (nSPS) is 11.6. The van der Waals surface area contributed by atoms with Crippen LogP contribution in [0.1, 0.15) is 11.5 Å². The zero-order valence-electron chi connectivity index (χ0n) is 11.0. The molecule has 0 aliphatic rings. The van der Waals surface area contributed by atoms with Crippen molar-refractivity contribution in [3.8, 4) is 0 Å². The van der Waals surface area contributed by atoms with E-state index in [-0.39, 0.29) is 12.2 Å². The fourth-order valence-electron chi connectivity index (χ4n) is 1.68. The van der Waals surface area contributed by atoms with Crippen molar-refractivity contribution in [1.82, 2.24) is 14.7 Å². The summed E-state index contributed by atoms with van der Waals surface area (Å²) in [5.41, 5.74) is 5.42. The van der Waals surface area contributed by atoms with Gasteiger partial charge in [-0.25, -0.2) is 31.9 Å². The summed E-state index contributed by atoms with van der Waals surface area (Å²) in [6, 6.07) is 2.98. The van der Waals surface area contributed by atoms with Crippen molar-refractivity contribution in [2.45, 2.75) is 18.4 Å². The summed E-state index contributed by atoms with van der Waals surface area (Å²) in [5.74, 6) is -2.05. The highest BCUT2D eigenvalue weighted by Gasteiger charge is 2.24. The lowest BCUT2D eigenvalue weighted by Crippen LogP contribution is -2.26. The summed E-state index contributed by atoms with van der Waals surface area (Å²) < 4.78 is 53.3. The molecule has 0 aliphatic heterocycles. The largest absolute Gasteiger partial charge is 0.399 e. The van der Waals surface area contributed by atoms with E-state index in [0.717, 1.165) is 12.1 Å². The molecule has 3 N–H and O–H groups in total. The van der Waals surface area contributed by atoms with E-state index in [4.69, 9.17) is 5.73 Å². The molecule has 0 atom stereocenters. The molecule has 0 spiro atoms. The Kier molecular flexibility index (Phi) is 4.14. The van der Waals surface area contributed by atoms with Crippen molar-refractivity contribution in [1.29, 1.82) is 0 Å². The summed E-state index contributed by atoms with van der Waals surface area (Å²) >= 11 is 0. The Labute approximate surface area is 120 Å². The second kappa shape index (κ2) is 5.70. The van der Waals surface area contributed by atoms with Crippen molar-refractivity contribution in [3.05, 3.63) is 47.5 Å². The molecule has 1 aromatic heterocycles. The molecule has 0 aliphatic carbocycles. The standard InChI is InChI=1S/C12H12F2N4O2S/c1-7-16-3-2-9(18-7)6-17-21(19,20)12-10(13)4-8(15)5-11(12)14/h2-5,17H,6,15H2,1H3. The van der Waals surface area contributed by atoms with Gasteiger partial charge in [-0.15, -0.1) is 0 Å². The van der Waals surface area contributed by atoms with Gasteiger partial charge in [-0.1, -0.05) is 0 Å². The maximum Gasteiger partial charge on any atom is 0.246 e. The van der Waals surface area contributed by atoms with Gasteiger partial charge in [0.05, 0.1) is 12.2 Å². The van der Waals surface area contributed by atoms with E-state index in [1.807, 2.05) is 0 Å². The fraction of sp³-hybridized carbons (Fsp3) is 0.167. The minimum absolute atomic E-state index is 0.199. The van der Waals surface area contributed by atoms with Gasteiger partial charge < -0.3 is 5.73 Å². The number of nitrogens with one attached hydrogen (secondary N) is 1. The number of hydrogen-bond acceptors (Lipinski definition) is 5. The van der Waals surface area contributed by atoms with Crippen LogP contribution in [0.15, 0.2) is 29.3 Å². The van der Waals surface area contributed by atoms with E-state index in [1.54, 1.807) is 6.92 Å². The number of hydrogen-bond donors (Lipinski definition) is 2. The van der Waals surface area contributed by atoms with E-state index in [9.17, 15) is 17.2 Å². The Morgan fingerprint density at radius 3 is 2.48 bits per heavy atom. The average Bonchev–Trinajstić information content (AvgIpc) is 2.35. The summed E-state index contributed by atoms with van der Waals surface area (Å²) in [5, 5.41) is 0. The van der Waals surface area contributed by atoms with Crippen LogP contribution in [0, 0.1) is 18.6 Å². The van der Waals surface area contributed by atoms with Crippen molar-refractivity contribution in [2.24, 2.45) is 0 Å². The van der Waals surface area contributed by atoms with Crippen molar-refractivity contribution in [2.75, 3.05) is 5.73 Å². The van der Waals surface area contributed by atoms with E-state index in [0.29, 0.717) is 11.5 Å². The summed E-state index contributed by atoms with van der Waals surface area (Å²) in [6.07, 6.45) is 1.45. The van der Waals surface area contributed by atoms with Gasteiger partial charge in [0.25, 0.3) is 0 Å². The Morgan fingerprint density at radius 1 is 1.29 bits per heavy atom. The molecule has 0 amide bonds. The molecule has 0 bridgehead atoms. The molecule has 9 heteroatoms. The zero-order valence-corrected chi connectivity index (χ0v) is 11.8. The number of aromatic nitrogens is 2. The second-order valence-corrected chi connectivity index (χ2v) is 5.94. The summed E-state index contributed by atoms with van der Waals surface area (Å²) in [6.45, 7) is 1.42. The predicted octanol–water partition coefficient (Wildman–Crippen LogP) is 1.12. The highest BCUT2D eigenvalue weighted by atomic mass is 32.2. The molecule has 1 heterocycles. The highest BCUT2D eigenvalue weighted by Crippen LogP contribution is 2.21. The molecule has 112 valence electrons. The van der Waals surface area contributed by atoms with Crippen LogP contribution >= 0.6 is 0 Å². The van der Waals surface area contributed by atoms with Gasteiger partial charge >= 0.3 is 0 Å². The van der Waals surface area contributed by atoms with Crippen LogP contribution in [-0.2, 0) is 16.6 Å². The molecule has 6 nitrogen and oxygen atoms in total. The number of nitrogen functional groups attached to an aromatic ring is 1. The van der Waals surface area contributed by atoms with E-state index in [1.165, 1.54) is 12.3 Å². The molecule has 21 heavy (non-hydrogen) atoms. The molecule has 1 aromatic carbocycles. The van der Waals surface area contributed by atoms with E-state index < -0.39 is 26.6 Å². The van der Waals surface area contributed by atoms with Gasteiger partial charge in [0.2, 0.25) is 10.0 Å². The molecule has 0 fully saturated rings. The molecule has 0 saturated carbocycles. The van der Waals surface area contributed by atoms with Crippen LogP contribution in [0.2, 0.25) is 0 Å². The van der Waals surface area contributed by atoms with Crippen LogP contribution in [0.3, 0.4) is 0 Å². The van der Waals surface area contributed by atoms with E-state index in [2.05, 4.69) is 14.7 Å². The SMILES string of the molecule is Cc1nccc(CNS(=O)(=O)c2c(F)cc(N)cc2F)n1. The number of nitrogens with two attached hydrogens (primary N) is 1. The molecule has 2 rings (SSSR count). The van der Waals surface area contributed by atoms with Crippen LogP contribution < -0.4 is 10.5 Å². The molecule has 0 unspecified atom stereocenters. The topological polar surface area (TPSA) is 98.0 Å². The number of rotatable bonds is 4. The monoisotopic (exact) mass is 314 g/mol. The molecular formula is C12H12F2N4O2S. The highest BCUT2D eigenvalue weighted by molar-refractivity contribution is 7.89. The first-order chi connectivity index (χ1) is 9.79. The Bertz CT molecular complexity index is 758. The van der Waals surface area contributed by atoms with Gasteiger partial charge in [0.15, 0.2) is 4.90 Å². The van der Waals surface area contributed by atoms with Gasteiger partial charge in [-0.3, -0.25) is 0 Å². The third-order valence-electron chi connectivity index (χ3n) is 2.57. The van der Waals surface area contributed by atoms with Crippen LogP contribution in [0.4, 0.5) is 14.5 Å².